The molecular formula is C33H66O2. The Morgan fingerprint density at radius 3 is 1.17 bits per heavy atom. The van der Waals surface area contributed by atoms with Crippen LogP contribution in [0.2, 0.25) is 0 Å². The summed E-state index contributed by atoms with van der Waals surface area (Å²) in [6, 6.07) is 0. The highest BCUT2D eigenvalue weighted by Gasteiger charge is 2.25. The Morgan fingerprint density at radius 1 is 0.486 bits per heavy atom. The number of ether oxygens (including phenoxy) is 1. The minimum absolute atomic E-state index is 0.0399. The average molecular weight is 495 g/mol. The fourth-order valence-electron chi connectivity index (χ4n) is 5.19. The molecule has 0 saturated carbocycles. The Bertz CT molecular complexity index is 433. The Labute approximate surface area is 222 Å². The highest BCUT2D eigenvalue weighted by molar-refractivity contribution is 5.69. The number of unbranched alkanes of at least 4 members (excludes halogenated alkanes) is 20. The lowest BCUT2D eigenvalue weighted by atomic mass is 9.80. The van der Waals surface area contributed by atoms with Gasteiger partial charge in [-0.3, -0.25) is 4.79 Å². The number of hydrogen-bond acceptors (Lipinski definition) is 2. The largest absolute Gasteiger partial charge is 0.465 e. The van der Waals surface area contributed by atoms with Crippen LogP contribution < -0.4 is 0 Å². The zero-order chi connectivity index (χ0) is 25.9. The first kappa shape index (κ1) is 34.5. The zero-order valence-corrected chi connectivity index (χ0v) is 24.9. The number of carbonyl (C=O) groups excluding carboxylic acids is 1. The van der Waals surface area contributed by atoms with Crippen LogP contribution in [0.25, 0.3) is 0 Å². The van der Waals surface area contributed by atoms with Crippen LogP contribution in [0.1, 0.15) is 195 Å². The van der Waals surface area contributed by atoms with Crippen molar-refractivity contribution in [2.24, 2.45) is 5.41 Å². The molecule has 1 unspecified atom stereocenters. The first-order valence-electron chi connectivity index (χ1n) is 16.2. The van der Waals surface area contributed by atoms with Crippen LogP contribution in [0.4, 0.5) is 0 Å². The van der Waals surface area contributed by atoms with Gasteiger partial charge in [-0.1, -0.05) is 169 Å². The third kappa shape index (κ3) is 24.9. The van der Waals surface area contributed by atoms with Gasteiger partial charge in [0.25, 0.3) is 0 Å². The molecule has 0 aliphatic heterocycles. The van der Waals surface area contributed by atoms with Crippen LogP contribution in [-0.4, -0.2) is 12.6 Å². The molecule has 0 heterocycles. The van der Waals surface area contributed by atoms with Gasteiger partial charge in [0, 0.05) is 11.8 Å². The van der Waals surface area contributed by atoms with Gasteiger partial charge in [0.05, 0.1) is 6.61 Å². The second-order valence-electron chi connectivity index (χ2n) is 11.8. The van der Waals surface area contributed by atoms with Crippen molar-refractivity contribution >= 4 is 5.97 Å². The van der Waals surface area contributed by atoms with Crippen molar-refractivity contribution in [1.82, 2.24) is 0 Å². The van der Waals surface area contributed by atoms with Crippen molar-refractivity contribution in [3.63, 3.8) is 0 Å². The van der Waals surface area contributed by atoms with Gasteiger partial charge >= 0.3 is 5.97 Å². The van der Waals surface area contributed by atoms with E-state index in [-0.39, 0.29) is 11.4 Å². The maximum Gasteiger partial charge on any atom is 0.305 e. The van der Waals surface area contributed by atoms with Gasteiger partial charge in [0.1, 0.15) is 0 Å². The van der Waals surface area contributed by atoms with E-state index in [1.165, 1.54) is 154 Å². The molecule has 0 aromatic rings. The van der Waals surface area contributed by atoms with Crippen molar-refractivity contribution < 1.29 is 9.53 Å². The maximum atomic E-state index is 12.4. The summed E-state index contributed by atoms with van der Waals surface area (Å²) in [6.45, 7) is 9.85. The summed E-state index contributed by atoms with van der Waals surface area (Å²) in [5.74, 6) is 0.0399. The first-order chi connectivity index (χ1) is 17.1. The van der Waals surface area contributed by atoms with Crippen molar-refractivity contribution in [2.75, 3.05) is 6.61 Å². The lowest BCUT2D eigenvalue weighted by Gasteiger charge is -2.29. The lowest BCUT2D eigenvalue weighted by molar-refractivity contribution is -0.147. The van der Waals surface area contributed by atoms with Crippen LogP contribution in [0, 0.1) is 5.41 Å². The van der Waals surface area contributed by atoms with Gasteiger partial charge in [-0.25, -0.2) is 0 Å². The monoisotopic (exact) mass is 495 g/mol. The van der Waals surface area contributed by atoms with Gasteiger partial charge in [-0.05, 0) is 19.3 Å². The van der Waals surface area contributed by atoms with Crippen LogP contribution in [0.15, 0.2) is 0 Å². The fourth-order valence-corrected chi connectivity index (χ4v) is 5.19. The van der Waals surface area contributed by atoms with E-state index in [1.54, 1.807) is 0 Å². The smallest absolute Gasteiger partial charge is 0.305 e. The van der Waals surface area contributed by atoms with Crippen LogP contribution in [-0.2, 0) is 9.53 Å². The van der Waals surface area contributed by atoms with E-state index in [0.717, 1.165) is 6.42 Å². The summed E-state index contributed by atoms with van der Waals surface area (Å²) in [4.78, 5) is 12.4. The molecule has 0 aromatic carbocycles. The molecular weight excluding hydrogens is 428 g/mol. The van der Waals surface area contributed by atoms with E-state index in [1.807, 2.05) is 0 Å². The minimum atomic E-state index is 0.0399. The predicted octanol–water partition coefficient (Wildman–Crippen LogP) is 11.7. The molecule has 0 aliphatic rings. The van der Waals surface area contributed by atoms with Crippen molar-refractivity contribution in [3.8, 4) is 0 Å². The first-order valence-corrected chi connectivity index (χ1v) is 16.2. The van der Waals surface area contributed by atoms with Crippen LogP contribution in [0.5, 0.6) is 0 Å². The molecule has 0 fully saturated rings. The van der Waals surface area contributed by atoms with Crippen molar-refractivity contribution in [1.29, 1.82) is 0 Å². The topological polar surface area (TPSA) is 26.3 Å². The van der Waals surface area contributed by atoms with Gasteiger partial charge < -0.3 is 4.74 Å². The highest BCUT2D eigenvalue weighted by atomic mass is 16.5. The summed E-state index contributed by atoms with van der Waals surface area (Å²) >= 11 is 0. The van der Waals surface area contributed by atoms with Crippen LogP contribution >= 0.6 is 0 Å². The molecule has 0 bridgehead atoms. The maximum absolute atomic E-state index is 12.4. The van der Waals surface area contributed by atoms with Gasteiger partial charge in [0.15, 0.2) is 0 Å². The molecule has 1 atom stereocenters. The molecule has 35 heavy (non-hydrogen) atoms. The second kappa shape index (κ2) is 26.5. The fraction of sp³-hybridized carbons (Fsp3) is 0.970. The number of esters is 1. The van der Waals surface area contributed by atoms with E-state index in [2.05, 4.69) is 27.7 Å². The molecule has 0 aromatic heterocycles. The van der Waals surface area contributed by atoms with Gasteiger partial charge in [-0.2, -0.15) is 0 Å². The third-order valence-corrected chi connectivity index (χ3v) is 7.83. The minimum Gasteiger partial charge on any atom is -0.465 e. The van der Waals surface area contributed by atoms with Crippen molar-refractivity contribution in [2.45, 2.75) is 195 Å². The summed E-state index contributed by atoms with van der Waals surface area (Å²) < 4.78 is 5.86. The Kier molecular flexibility index (Phi) is 26.1. The molecule has 0 radical (unpaired) electrons. The van der Waals surface area contributed by atoms with E-state index in [9.17, 15) is 4.79 Å². The highest BCUT2D eigenvalue weighted by Crippen LogP contribution is 2.32. The van der Waals surface area contributed by atoms with E-state index < -0.39 is 0 Å². The molecule has 0 amide bonds. The standard InChI is InChI=1S/C33H66O2/c1-5-8-11-14-17-19-20-22-25-28-32(34)35-31-33(4,29-26-23-16-13-10-7-3)30-27-24-21-18-15-12-9-6-2/h5-31H2,1-4H3. The van der Waals surface area contributed by atoms with E-state index in [4.69, 9.17) is 4.74 Å². The van der Waals surface area contributed by atoms with E-state index >= 15 is 0 Å². The average Bonchev–Trinajstić information content (AvgIpc) is 2.85. The normalized spacial score (nSPS) is 13.1. The quantitative estimate of drug-likeness (QED) is 0.0798. The molecule has 0 N–H and O–H groups in total. The molecule has 0 rings (SSSR count). The van der Waals surface area contributed by atoms with Gasteiger partial charge in [0.2, 0.25) is 0 Å². The third-order valence-electron chi connectivity index (χ3n) is 7.83. The molecule has 0 saturated heterocycles. The lowest BCUT2D eigenvalue weighted by Crippen LogP contribution is -2.25. The Balaban J connectivity index is 4.14. The second-order valence-corrected chi connectivity index (χ2v) is 11.8. The van der Waals surface area contributed by atoms with E-state index in [0.29, 0.717) is 13.0 Å². The molecule has 0 aliphatic carbocycles. The number of hydrogen-bond donors (Lipinski definition) is 0. The number of rotatable bonds is 28. The molecule has 2 heteroatoms. The van der Waals surface area contributed by atoms with Crippen LogP contribution in [0.3, 0.4) is 0 Å². The zero-order valence-electron chi connectivity index (χ0n) is 24.9. The van der Waals surface area contributed by atoms with Gasteiger partial charge in [-0.15, -0.1) is 0 Å². The summed E-state index contributed by atoms with van der Waals surface area (Å²) in [5.41, 5.74) is 0.168. The Morgan fingerprint density at radius 2 is 0.800 bits per heavy atom. The number of carbonyl (C=O) groups is 1. The summed E-state index contributed by atoms with van der Waals surface area (Å²) in [7, 11) is 0. The SMILES string of the molecule is CCCCCCCCCCCC(=O)OCC(C)(CCCCCCCC)CCCCCCCCCC. The molecule has 2 nitrogen and oxygen atoms in total. The van der Waals surface area contributed by atoms with Crippen molar-refractivity contribution in [3.05, 3.63) is 0 Å². The predicted molar refractivity (Wildman–Crippen MR) is 156 cm³/mol. The Hall–Kier alpha value is -0.530. The molecule has 210 valence electrons. The molecule has 0 spiro atoms. The summed E-state index contributed by atoms with van der Waals surface area (Å²) in [5, 5.41) is 0. The summed E-state index contributed by atoms with van der Waals surface area (Å²) in [6.07, 6.45) is 33.6.